The van der Waals surface area contributed by atoms with E-state index < -0.39 is 0 Å². The summed E-state index contributed by atoms with van der Waals surface area (Å²) in [5, 5.41) is 9.56. The van der Waals surface area contributed by atoms with Gasteiger partial charge < -0.3 is 0 Å². The standard InChI is InChI=1S/C22H35N/c1-3-16-8-10-20-18-9-7-17-6-4-5-12-21(17,2)19(18)11-13-22(16,20)14-15-23/h16-20H,3-14H2,1-2H3/t16-,17?,18+,19-,20-,21-,22-/m0/s1. The molecule has 0 saturated heterocycles. The van der Waals surface area contributed by atoms with Gasteiger partial charge in [0.2, 0.25) is 0 Å². The Hall–Kier alpha value is -0.510. The third-order valence-electron chi connectivity index (χ3n) is 9.38. The van der Waals surface area contributed by atoms with Crippen molar-refractivity contribution in [1.82, 2.24) is 0 Å². The zero-order valence-corrected chi connectivity index (χ0v) is 15.3. The summed E-state index contributed by atoms with van der Waals surface area (Å²) in [4.78, 5) is 0. The number of nitriles is 1. The summed E-state index contributed by atoms with van der Waals surface area (Å²) in [5.74, 6) is 4.67. The fraction of sp³-hybridized carbons (Fsp3) is 0.955. The van der Waals surface area contributed by atoms with Gasteiger partial charge in [0.1, 0.15) is 0 Å². The van der Waals surface area contributed by atoms with E-state index in [9.17, 15) is 5.26 Å². The second-order valence-electron chi connectivity index (χ2n) is 9.69. The molecule has 0 aromatic heterocycles. The van der Waals surface area contributed by atoms with Crippen LogP contribution in [0.4, 0.5) is 0 Å². The molecule has 0 spiro atoms. The Balaban J connectivity index is 1.65. The maximum absolute atomic E-state index is 9.56. The first-order valence-corrected chi connectivity index (χ1v) is 10.5. The molecule has 1 unspecified atom stereocenters. The van der Waals surface area contributed by atoms with Gasteiger partial charge in [-0.1, -0.05) is 33.1 Å². The van der Waals surface area contributed by atoms with Crippen LogP contribution in [-0.2, 0) is 0 Å². The highest BCUT2D eigenvalue weighted by Crippen LogP contribution is 2.68. The molecule has 4 aliphatic rings. The van der Waals surface area contributed by atoms with Crippen LogP contribution in [0.2, 0.25) is 0 Å². The van der Waals surface area contributed by atoms with E-state index in [-0.39, 0.29) is 0 Å². The number of hydrogen-bond donors (Lipinski definition) is 0. The van der Waals surface area contributed by atoms with Crippen LogP contribution in [0, 0.1) is 51.8 Å². The van der Waals surface area contributed by atoms with Crippen molar-refractivity contribution >= 4 is 0 Å². The lowest BCUT2D eigenvalue weighted by atomic mass is 9.44. The van der Waals surface area contributed by atoms with E-state index >= 15 is 0 Å². The van der Waals surface area contributed by atoms with Crippen molar-refractivity contribution in [3.05, 3.63) is 0 Å². The average Bonchev–Trinajstić information content (AvgIpc) is 2.93. The number of nitrogens with zero attached hydrogens (tertiary/aromatic N) is 1. The van der Waals surface area contributed by atoms with Crippen molar-refractivity contribution in [1.29, 1.82) is 5.26 Å². The zero-order chi connectivity index (χ0) is 16.1. The van der Waals surface area contributed by atoms with Crippen molar-refractivity contribution in [3.63, 3.8) is 0 Å². The minimum absolute atomic E-state index is 0.405. The second kappa shape index (κ2) is 5.79. The van der Waals surface area contributed by atoms with Gasteiger partial charge in [-0.3, -0.25) is 0 Å². The predicted octanol–water partition coefficient (Wildman–Crippen LogP) is 6.34. The molecule has 1 heteroatoms. The third-order valence-corrected chi connectivity index (χ3v) is 9.38. The first-order chi connectivity index (χ1) is 11.2. The van der Waals surface area contributed by atoms with Crippen LogP contribution >= 0.6 is 0 Å². The van der Waals surface area contributed by atoms with Crippen molar-refractivity contribution < 1.29 is 0 Å². The minimum atomic E-state index is 0.405. The predicted molar refractivity (Wildman–Crippen MR) is 94.7 cm³/mol. The molecule has 1 nitrogen and oxygen atoms in total. The summed E-state index contributed by atoms with van der Waals surface area (Å²) < 4.78 is 0. The lowest BCUT2D eigenvalue weighted by Crippen LogP contribution is -2.53. The van der Waals surface area contributed by atoms with E-state index in [4.69, 9.17) is 0 Å². The summed E-state index contributed by atoms with van der Waals surface area (Å²) in [7, 11) is 0. The lowest BCUT2D eigenvalue weighted by molar-refractivity contribution is -0.114. The minimum Gasteiger partial charge on any atom is -0.198 e. The highest BCUT2D eigenvalue weighted by Gasteiger charge is 2.60. The molecule has 0 heterocycles. The van der Waals surface area contributed by atoms with Crippen molar-refractivity contribution in [3.8, 4) is 6.07 Å². The molecule has 128 valence electrons. The Labute approximate surface area is 143 Å². The molecule has 23 heavy (non-hydrogen) atoms. The fourth-order valence-electron chi connectivity index (χ4n) is 8.34. The number of hydrogen-bond acceptors (Lipinski definition) is 1. The number of rotatable bonds is 2. The molecule has 0 aliphatic heterocycles. The van der Waals surface area contributed by atoms with Crippen LogP contribution in [0.3, 0.4) is 0 Å². The fourth-order valence-corrected chi connectivity index (χ4v) is 8.34. The van der Waals surface area contributed by atoms with Gasteiger partial charge in [0.25, 0.3) is 0 Å². The molecule has 7 atom stereocenters. The summed E-state index contributed by atoms with van der Waals surface area (Å²) in [6.45, 7) is 5.04. The Morgan fingerprint density at radius 3 is 2.61 bits per heavy atom. The maximum atomic E-state index is 9.56. The molecule has 0 aromatic rings. The van der Waals surface area contributed by atoms with Crippen molar-refractivity contribution in [2.45, 2.75) is 90.9 Å². The summed E-state index contributed by atoms with van der Waals surface area (Å²) >= 11 is 0. The molecule has 0 aromatic carbocycles. The quantitative estimate of drug-likeness (QED) is 0.583. The van der Waals surface area contributed by atoms with Gasteiger partial charge in [-0.25, -0.2) is 0 Å². The molecule has 4 fully saturated rings. The summed E-state index contributed by atoms with van der Waals surface area (Å²) in [5.41, 5.74) is 1.05. The Morgan fingerprint density at radius 2 is 1.83 bits per heavy atom. The van der Waals surface area contributed by atoms with E-state index in [0.717, 1.165) is 36.0 Å². The molecule has 0 bridgehead atoms. The maximum Gasteiger partial charge on any atom is 0.0627 e. The van der Waals surface area contributed by atoms with Gasteiger partial charge in [-0.15, -0.1) is 0 Å². The summed E-state index contributed by atoms with van der Waals surface area (Å²) in [6.07, 6.45) is 16.7. The second-order valence-corrected chi connectivity index (χ2v) is 9.69. The third kappa shape index (κ3) is 2.16. The zero-order valence-electron chi connectivity index (χ0n) is 15.3. The van der Waals surface area contributed by atoms with Crippen LogP contribution in [-0.4, -0.2) is 0 Å². The smallest absolute Gasteiger partial charge is 0.0627 e. The summed E-state index contributed by atoms with van der Waals surface area (Å²) in [6, 6.07) is 2.63. The molecular formula is C22H35N. The molecule has 4 aliphatic carbocycles. The van der Waals surface area contributed by atoms with Gasteiger partial charge in [-0.2, -0.15) is 5.26 Å². The van der Waals surface area contributed by atoms with Crippen LogP contribution in [0.15, 0.2) is 0 Å². The molecule has 0 radical (unpaired) electrons. The molecule has 4 rings (SSSR count). The monoisotopic (exact) mass is 313 g/mol. The lowest BCUT2D eigenvalue weighted by Gasteiger charge is -2.61. The number of fused-ring (bicyclic) bond motifs is 5. The molecule has 4 saturated carbocycles. The highest BCUT2D eigenvalue weighted by molar-refractivity contribution is 5.11. The van der Waals surface area contributed by atoms with Gasteiger partial charge in [0.05, 0.1) is 6.07 Å². The SMILES string of the molecule is CC[C@H]1CC[C@H]2[C@@H]3CCC4CCCC[C@]4(C)[C@H]3CC[C@]12CC#N. The normalized spacial score (nSPS) is 52.1. The Morgan fingerprint density at radius 1 is 0.957 bits per heavy atom. The van der Waals surface area contributed by atoms with E-state index in [1.807, 2.05) is 0 Å². The largest absolute Gasteiger partial charge is 0.198 e. The van der Waals surface area contributed by atoms with E-state index in [1.54, 1.807) is 0 Å². The highest BCUT2D eigenvalue weighted by atomic mass is 14.6. The van der Waals surface area contributed by atoms with Gasteiger partial charge >= 0.3 is 0 Å². The van der Waals surface area contributed by atoms with E-state index in [0.29, 0.717) is 10.8 Å². The topological polar surface area (TPSA) is 23.8 Å². The Kier molecular flexibility index (Phi) is 4.02. The van der Waals surface area contributed by atoms with Gasteiger partial charge in [-0.05, 0) is 91.8 Å². The molecular weight excluding hydrogens is 278 g/mol. The van der Waals surface area contributed by atoms with Crippen molar-refractivity contribution in [2.75, 3.05) is 0 Å². The van der Waals surface area contributed by atoms with Crippen LogP contribution < -0.4 is 0 Å². The van der Waals surface area contributed by atoms with E-state index in [2.05, 4.69) is 19.9 Å². The molecule has 0 amide bonds. The van der Waals surface area contributed by atoms with Gasteiger partial charge in [0.15, 0.2) is 0 Å². The van der Waals surface area contributed by atoms with Crippen LogP contribution in [0.25, 0.3) is 0 Å². The first kappa shape index (κ1) is 16.0. The van der Waals surface area contributed by atoms with Crippen LogP contribution in [0.5, 0.6) is 0 Å². The average molecular weight is 314 g/mol. The molecule has 0 N–H and O–H groups in total. The van der Waals surface area contributed by atoms with E-state index in [1.165, 1.54) is 70.6 Å². The van der Waals surface area contributed by atoms with Gasteiger partial charge in [0, 0.05) is 6.42 Å². The van der Waals surface area contributed by atoms with Crippen molar-refractivity contribution in [2.24, 2.45) is 40.4 Å². The Bertz CT molecular complexity index is 491. The van der Waals surface area contributed by atoms with Crippen LogP contribution in [0.1, 0.15) is 90.9 Å². The first-order valence-electron chi connectivity index (χ1n) is 10.5.